The fourth-order valence-corrected chi connectivity index (χ4v) is 18.4. The van der Waals surface area contributed by atoms with E-state index in [2.05, 4.69) is 85.1 Å². The minimum absolute atomic E-state index is 0.0384. The number of hydrogen-bond donors (Lipinski definition) is 2. The molecule has 2 atom stereocenters. The van der Waals surface area contributed by atoms with Gasteiger partial charge in [-0.3, -0.25) is 9.59 Å². The minimum Gasteiger partial charge on any atom is -0.497 e. The number of carbonyl (C=O) groups excluding carboxylic acids is 3. The number of fused-ring (bicyclic) bond motifs is 3. The van der Waals surface area contributed by atoms with Crippen LogP contribution in [0.1, 0.15) is 336 Å². The Labute approximate surface area is 712 Å². The molecule has 0 radical (unpaired) electrons. The number of amides is 3. The fourth-order valence-electron chi connectivity index (χ4n) is 16.9. The van der Waals surface area contributed by atoms with E-state index in [-0.39, 0.29) is 49.6 Å². The molecule has 0 heterocycles. The third-order valence-corrected chi connectivity index (χ3v) is 25.3. The summed E-state index contributed by atoms with van der Waals surface area (Å²) >= 11 is 1.57. The van der Waals surface area contributed by atoms with Crippen molar-refractivity contribution in [2.24, 2.45) is 5.92 Å². The Kier molecular flexibility index (Phi) is 45.7. The maximum atomic E-state index is 16.8. The highest BCUT2D eigenvalue weighted by Crippen LogP contribution is 2.50. The topological polar surface area (TPSA) is 134 Å². The van der Waals surface area contributed by atoms with Gasteiger partial charge in [-0.15, -0.1) is 11.8 Å². The van der Waals surface area contributed by atoms with Crippen LogP contribution in [0.3, 0.4) is 0 Å². The molecule has 7 aromatic carbocycles. The van der Waals surface area contributed by atoms with Crippen LogP contribution in [0, 0.1) is 5.92 Å². The lowest BCUT2D eigenvalue weighted by Crippen LogP contribution is -2.55. The van der Waals surface area contributed by atoms with Crippen LogP contribution in [0.4, 0.5) is 4.79 Å². The average Bonchev–Trinajstić information content (AvgIpc) is 1.70. The van der Waals surface area contributed by atoms with Crippen molar-refractivity contribution in [1.82, 2.24) is 15.5 Å². The molecule has 1 aliphatic rings. The molecule has 0 saturated carbocycles. The molecule has 640 valence electrons. The van der Waals surface area contributed by atoms with Crippen LogP contribution in [0.15, 0.2) is 170 Å². The van der Waals surface area contributed by atoms with Gasteiger partial charge in [0, 0.05) is 48.0 Å². The van der Waals surface area contributed by atoms with Gasteiger partial charge in [0.2, 0.25) is 11.8 Å². The van der Waals surface area contributed by atoms with E-state index in [9.17, 15) is 4.79 Å². The molecule has 0 bridgehead atoms. The van der Waals surface area contributed by atoms with Crippen molar-refractivity contribution < 1.29 is 42.8 Å². The zero-order valence-electron chi connectivity index (χ0n) is 73.2. The Bertz CT molecular complexity index is 3750. The van der Waals surface area contributed by atoms with Crippen molar-refractivity contribution >= 4 is 29.7 Å². The summed E-state index contributed by atoms with van der Waals surface area (Å²) in [6.45, 7) is 10.00. The normalized spacial score (nSPS) is 12.4. The molecule has 3 amide bonds. The number of hydrogen-bond acceptors (Lipinski definition) is 10. The molecule has 12 nitrogen and oxygen atoms in total. The molecule has 0 unspecified atom stereocenters. The molecule has 1 aliphatic carbocycles. The van der Waals surface area contributed by atoms with Crippen LogP contribution < -0.4 is 34.3 Å². The Morgan fingerprint density at radius 3 is 1.20 bits per heavy atom. The van der Waals surface area contributed by atoms with Gasteiger partial charge in [-0.05, 0) is 101 Å². The maximum Gasteiger partial charge on any atom is 0.407 e. The van der Waals surface area contributed by atoms with Gasteiger partial charge >= 0.3 is 6.09 Å². The number of benzene rings is 7. The van der Waals surface area contributed by atoms with Gasteiger partial charge < -0.3 is 44.0 Å². The number of unbranched alkanes of at least 4 members (excludes halogenated alkanes) is 38. The summed E-state index contributed by atoms with van der Waals surface area (Å²) in [6.07, 6.45) is 52.5. The molecule has 0 saturated heterocycles. The van der Waals surface area contributed by atoms with Gasteiger partial charge in [-0.25, -0.2) is 4.79 Å². The number of carbonyl (C=O) groups is 3. The zero-order valence-corrected chi connectivity index (χ0v) is 74.1. The van der Waals surface area contributed by atoms with E-state index in [1.165, 1.54) is 225 Å². The molecular formula is C104H149N3O9S. The number of rotatable bonds is 65. The Hall–Kier alpha value is -7.90. The summed E-state index contributed by atoms with van der Waals surface area (Å²) in [6, 6.07) is 54.7. The summed E-state index contributed by atoms with van der Waals surface area (Å²) in [5, 5.41) is 6.34. The first-order chi connectivity index (χ1) is 57.5. The highest BCUT2D eigenvalue weighted by atomic mass is 32.2. The number of nitrogens with zero attached hydrogens (tertiary/aromatic N) is 1. The van der Waals surface area contributed by atoms with E-state index in [0.717, 1.165) is 87.9 Å². The fraction of sp³-hybridized carbons (Fsp3) is 0.567. The van der Waals surface area contributed by atoms with Crippen molar-refractivity contribution in [3.8, 4) is 39.9 Å². The lowest BCUT2D eigenvalue weighted by Gasteiger charge is -2.37. The van der Waals surface area contributed by atoms with Crippen molar-refractivity contribution in [1.29, 1.82) is 0 Å². The largest absolute Gasteiger partial charge is 0.497 e. The number of alkyl carbamates (subject to hydrolysis) is 1. The van der Waals surface area contributed by atoms with Gasteiger partial charge in [0.1, 0.15) is 47.4 Å². The molecule has 2 N–H and O–H groups in total. The summed E-state index contributed by atoms with van der Waals surface area (Å²) in [5.74, 6) is 2.25. The quantitative estimate of drug-likeness (QED) is 0.0280. The zero-order chi connectivity index (χ0) is 82.6. The van der Waals surface area contributed by atoms with Crippen molar-refractivity contribution in [2.45, 2.75) is 327 Å². The lowest BCUT2D eigenvalue weighted by molar-refractivity contribution is -0.137. The van der Waals surface area contributed by atoms with Gasteiger partial charge in [0.05, 0.1) is 39.3 Å². The third kappa shape index (κ3) is 33.3. The van der Waals surface area contributed by atoms with E-state index in [0.29, 0.717) is 36.2 Å². The molecule has 13 heteroatoms. The van der Waals surface area contributed by atoms with Gasteiger partial charge in [0.25, 0.3) is 0 Å². The number of ether oxygens (including phenoxy) is 6. The minimum atomic E-state index is -1.18. The standard InChI is InChI=1S/C104H149N3O9S/c1-8-10-12-14-16-18-20-22-24-26-28-30-32-34-36-38-40-42-44-56-74-114-91-71-67-85(100(78-91)115-75-57-45-43-41-39-37-35-33-31-29-27-25-23-21-19-17-15-13-11-9-2)80-107(79-84-66-70-90(112-6)77-99(84)113-7)102(109)98(82-117-104(86-58-48-46-49-59-86,87-60-50-47-51-61-87)88-68-72-89(111-5)73-69-88)105-101(108)97(76-83(3)4)106-103(110)116-81-96-94-64-54-52-62-92(94)93-63-53-55-65-95(93)96/h46-55,58-73,77-78,83,96-98H,8-45,56-57,74-76,79-82H2,1-7H3,(H,105,108)(H,106,110)/t97-,98-/m0/s1. The maximum absolute atomic E-state index is 16.8. The average molecular weight is 1620 g/mol. The van der Waals surface area contributed by atoms with Crippen molar-refractivity contribution in [3.05, 3.63) is 209 Å². The van der Waals surface area contributed by atoms with E-state index in [4.69, 9.17) is 28.4 Å². The summed E-state index contributed by atoms with van der Waals surface area (Å²) in [7, 11) is 4.92. The summed E-state index contributed by atoms with van der Waals surface area (Å²) < 4.78 is 36.4. The molecule has 0 spiro atoms. The Morgan fingerprint density at radius 1 is 0.393 bits per heavy atom. The highest BCUT2D eigenvalue weighted by Gasteiger charge is 2.41. The first-order valence-corrected chi connectivity index (χ1v) is 47.2. The second-order valence-electron chi connectivity index (χ2n) is 33.4. The summed E-state index contributed by atoms with van der Waals surface area (Å²) in [4.78, 5) is 48.8. The van der Waals surface area contributed by atoms with E-state index in [1.54, 1.807) is 33.1 Å². The predicted molar refractivity (Wildman–Crippen MR) is 489 cm³/mol. The smallest absolute Gasteiger partial charge is 0.407 e. The van der Waals surface area contributed by atoms with E-state index >= 15 is 9.59 Å². The number of nitrogens with one attached hydrogen (secondary N) is 2. The molecular weight excluding hydrogens is 1470 g/mol. The van der Waals surface area contributed by atoms with E-state index in [1.807, 2.05) is 128 Å². The second kappa shape index (κ2) is 56.5. The Balaban J connectivity index is 1.01. The van der Waals surface area contributed by atoms with Crippen LogP contribution in [0.2, 0.25) is 0 Å². The van der Waals surface area contributed by atoms with Gasteiger partial charge in [-0.1, -0.05) is 393 Å². The molecule has 0 aliphatic heterocycles. The second-order valence-corrected chi connectivity index (χ2v) is 34.7. The first-order valence-electron chi connectivity index (χ1n) is 46.2. The SMILES string of the molecule is CCCCCCCCCCCCCCCCCCCCCCOc1ccc(CN(Cc2ccc(OC)cc2OC)C(=O)[C@H](CSC(c2ccccc2)(c2ccccc2)c2ccc(OC)cc2)NC(=O)[C@H](CC(C)C)NC(=O)OCC2c3ccccc3-c3ccccc32)c(OCCCCCCCCCCCCCCCCCCCCCC)c1. The van der Waals surface area contributed by atoms with Crippen LogP contribution in [-0.4, -0.2) is 81.8 Å². The number of thioether (sulfide) groups is 1. The van der Waals surface area contributed by atoms with Gasteiger partial charge in [-0.2, -0.15) is 0 Å². The molecule has 0 aromatic heterocycles. The molecule has 117 heavy (non-hydrogen) atoms. The first kappa shape index (κ1) is 94.6. The Morgan fingerprint density at radius 2 is 0.769 bits per heavy atom. The van der Waals surface area contributed by atoms with Crippen LogP contribution >= 0.6 is 11.8 Å². The third-order valence-electron chi connectivity index (χ3n) is 23.7. The van der Waals surface area contributed by atoms with Crippen LogP contribution in [0.25, 0.3) is 11.1 Å². The predicted octanol–water partition coefficient (Wildman–Crippen LogP) is 27.8. The van der Waals surface area contributed by atoms with Crippen LogP contribution in [0.5, 0.6) is 28.7 Å². The van der Waals surface area contributed by atoms with Crippen molar-refractivity contribution in [3.63, 3.8) is 0 Å². The molecule has 7 aromatic rings. The number of methoxy groups -OCH3 is 3. The lowest BCUT2D eigenvalue weighted by atomic mass is 9.84. The van der Waals surface area contributed by atoms with Crippen molar-refractivity contribution in [2.75, 3.05) is 46.9 Å². The molecule has 8 rings (SSSR count). The molecule has 0 fully saturated rings. The van der Waals surface area contributed by atoms with E-state index < -0.39 is 28.8 Å². The highest BCUT2D eigenvalue weighted by molar-refractivity contribution is 8.00. The van der Waals surface area contributed by atoms with Crippen LogP contribution in [-0.2, 0) is 32.2 Å². The monoisotopic (exact) mass is 1620 g/mol. The summed E-state index contributed by atoms with van der Waals surface area (Å²) in [5.41, 5.74) is 8.84. The van der Waals surface area contributed by atoms with Gasteiger partial charge in [0.15, 0.2) is 0 Å².